The maximum Gasteiger partial charge on any atom is 0.264 e. The van der Waals surface area contributed by atoms with Gasteiger partial charge in [0.25, 0.3) is 10.0 Å². The first-order chi connectivity index (χ1) is 21.1. The lowest BCUT2D eigenvalue weighted by atomic mass is 10.0. The number of carbonyl (C=O) groups excluding carboxylic acids is 2. The van der Waals surface area contributed by atoms with Crippen molar-refractivity contribution in [1.82, 2.24) is 10.2 Å². The third-order valence-electron chi connectivity index (χ3n) is 7.16. The highest BCUT2D eigenvalue weighted by Crippen LogP contribution is 2.30. The number of benzene rings is 4. The predicted octanol–water partition coefficient (Wildman–Crippen LogP) is 6.66. The molecule has 0 aliphatic carbocycles. The van der Waals surface area contributed by atoms with E-state index in [0.29, 0.717) is 39.8 Å². The van der Waals surface area contributed by atoms with E-state index >= 15 is 0 Å². The number of rotatable bonds is 13. The zero-order valence-corrected chi connectivity index (χ0v) is 26.9. The van der Waals surface area contributed by atoms with Crippen molar-refractivity contribution in [1.29, 1.82) is 0 Å². The summed E-state index contributed by atoms with van der Waals surface area (Å²) >= 11 is 12.7. The van der Waals surface area contributed by atoms with E-state index in [2.05, 4.69) is 5.32 Å². The lowest BCUT2D eigenvalue weighted by molar-refractivity contribution is -0.140. The van der Waals surface area contributed by atoms with Gasteiger partial charge >= 0.3 is 0 Å². The van der Waals surface area contributed by atoms with Gasteiger partial charge in [-0.2, -0.15) is 0 Å². The van der Waals surface area contributed by atoms with Gasteiger partial charge in [-0.1, -0.05) is 96.9 Å². The third kappa shape index (κ3) is 8.20. The largest absolute Gasteiger partial charge is 0.354 e. The summed E-state index contributed by atoms with van der Waals surface area (Å²) in [6.07, 6.45) is 0.930. The average Bonchev–Trinajstić information content (AvgIpc) is 3.02. The zero-order chi connectivity index (χ0) is 31.7. The predicted molar refractivity (Wildman–Crippen MR) is 176 cm³/mol. The number of anilines is 1. The molecule has 0 saturated carbocycles. The first-order valence-corrected chi connectivity index (χ1v) is 16.5. The van der Waals surface area contributed by atoms with E-state index in [-0.39, 0.29) is 23.8 Å². The Bertz CT molecular complexity index is 1690. The summed E-state index contributed by atoms with van der Waals surface area (Å²) in [4.78, 5) is 29.6. The number of hydrogen-bond donors (Lipinski definition) is 1. The summed E-state index contributed by atoms with van der Waals surface area (Å²) in [6.45, 7) is 3.54. The molecule has 4 aromatic rings. The molecule has 4 aromatic carbocycles. The molecule has 0 bridgehead atoms. The standard InChI is InChI=1S/C34H35Cl2N3O4S/c1-3-20-37-34(41)32(22-26-12-6-4-7-13-26)38(23-27-14-10-11-17-30(27)36)33(40)24-39(31-19-18-28(35)21-25(31)2)44(42,43)29-15-8-5-9-16-29/h4-19,21,32H,3,20,22-24H2,1-2H3,(H,37,41)/t32-/m1/s1. The van der Waals surface area contributed by atoms with E-state index in [4.69, 9.17) is 23.2 Å². The monoisotopic (exact) mass is 651 g/mol. The molecule has 0 unspecified atom stereocenters. The minimum atomic E-state index is -4.20. The van der Waals surface area contributed by atoms with Crippen molar-refractivity contribution in [2.45, 2.75) is 44.2 Å². The summed E-state index contributed by atoms with van der Waals surface area (Å²) in [5.41, 5.74) is 2.36. The van der Waals surface area contributed by atoms with Crippen LogP contribution in [-0.4, -0.2) is 44.3 Å². The lowest BCUT2D eigenvalue weighted by Crippen LogP contribution is -2.53. The van der Waals surface area contributed by atoms with Crippen LogP contribution in [0.15, 0.2) is 108 Å². The fourth-order valence-electron chi connectivity index (χ4n) is 4.86. The number of halogens is 2. The van der Waals surface area contributed by atoms with E-state index in [1.54, 1.807) is 67.6 Å². The molecule has 0 aliphatic rings. The first-order valence-electron chi connectivity index (χ1n) is 14.3. The van der Waals surface area contributed by atoms with Gasteiger partial charge in [-0.15, -0.1) is 0 Å². The Kier molecular flexibility index (Phi) is 11.4. The molecule has 0 saturated heterocycles. The Hall–Kier alpha value is -3.85. The summed E-state index contributed by atoms with van der Waals surface area (Å²) in [6, 6.07) is 28.3. The van der Waals surface area contributed by atoms with Crippen molar-refractivity contribution >= 4 is 50.7 Å². The Morgan fingerprint density at radius 3 is 2.14 bits per heavy atom. The highest BCUT2D eigenvalue weighted by Gasteiger charge is 2.35. The number of carbonyl (C=O) groups is 2. The van der Waals surface area contributed by atoms with Crippen LogP contribution in [0.4, 0.5) is 5.69 Å². The highest BCUT2D eigenvalue weighted by molar-refractivity contribution is 7.92. The molecule has 0 aromatic heterocycles. The number of nitrogens with one attached hydrogen (secondary N) is 1. The lowest BCUT2D eigenvalue weighted by Gasteiger charge is -2.34. The maximum atomic E-state index is 14.5. The van der Waals surface area contributed by atoms with Gasteiger partial charge in [-0.05, 0) is 66.4 Å². The second-order valence-corrected chi connectivity index (χ2v) is 13.1. The van der Waals surface area contributed by atoms with Crippen molar-refractivity contribution in [3.8, 4) is 0 Å². The van der Waals surface area contributed by atoms with Gasteiger partial charge in [0.05, 0.1) is 10.6 Å². The van der Waals surface area contributed by atoms with Gasteiger partial charge in [0.1, 0.15) is 12.6 Å². The number of hydrogen-bond acceptors (Lipinski definition) is 4. The number of amides is 2. The van der Waals surface area contributed by atoms with E-state index in [9.17, 15) is 18.0 Å². The van der Waals surface area contributed by atoms with Crippen LogP contribution in [0.25, 0.3) is 0 Å². The Labute approximate surface area is 269 Å². The Morgan fingerprint density at radius 1 is 0.864 bits per heavy atom. The normalized spacial score (nSPS) is 11.9. The van der Waals surface area contributed by atoms with Crippen molar-refractivity contribution in [3.05, 3.63) is 130 Å². The molecule has 4 rings (SSSR count). The Balaban J connectivity index is 1.82. The van der Waals surface area contributed by atoms with Crippen LogP contribution in [-0.2, 0) is 32.6 Å². The fraction of sp³-hybridized carbons (Fsp3) is 0.235. The topological polar surface area (TPSA) is 86.8 Å². The van der Waals surface area contributed by atoms with E-state index in [0.717, 1.165) is 9.87 Å². The molecular weight excluding hydrogens is 617 g/mol. The van der Waals surface area contributed by atoms with Crippen molar-refractivity contribution in [2.24, 2.45) is 0 Å². The van der Waals surface area contributed by atoms with Gasteiger partial charge in [0.2, 0.25) is 11.8 Å². The van der Waals surface area contributed by atoms with Crippen LogP contribution in [0.3, 0.4) is 0 Å². The molecular formula is C34H35Cl2N3O4S. The van der Waals surface area contributed by atoms with Crippen LogP contribution < -0.4 is 9.62 Å². The van der Waals surface area contributed by atoms with E-state index < -0.39 is 28.5 Å². The molecule has 0 radical (unpaired) electrons. The van der Waals surface area contributed by atoms with Gasteiger partial charge in [0, 0.05) is 29.6 Å². The van der Waals surface area contributed by atoms with Gasteiger partial charge in [-0.25, -0.2) is 8.42 Å². The summed E-state index contributed by atoms with van der Waals surface area (Å²) in [5.74, 6) is -0.900. The molecule has 0 spiro atoms. The molecule has 1 atom stereocenters. The molecule has 7 nitrogen and oxygen atoms in total. The van der Waals surface area contributed by atoms with Crippen molar-refractivity contribution in [2.75, 3.05) is 17.4 Å². The van der Waals surface area contributed by atoms with Crippen LogP contribution in [0.1, 0.15) is 30.0 Å². The summed E-state index contributed by atoms with van der Waals surface area (Å²) in [7, 11) is -4.20. The summed E-state index contributed by atoms with van der Waals surface area (Å²) < 4.78 is 29.3. The number of aryl methyl sites for hydroxylation is 1. The molecule has 0 fully saturated rings. The molecule has 2 amide bonds. The van der Waals surface area contributed by atoms with Crippen LogP contribution >= 0.6 is 23.2 Å². The van der Waals surface area contributed by atoms with Crippen LogP contribution in [0.2, 0.25) is 10.0 Å². The zero-order valence-electron chi connectivity index (χ0n) is 24.6. The van der Waals surface area contributed by atoms with Crippen molar-refractivity contribution < 1.29 is 18.0 Å². The van der Waals surface area contributed by atoms with E-state index in [1.165, 1.54) is 17.0 Å². The average molecular weight is 653 g/mol. The molecule has 10 heteroatoms. The minimum Gasteiger partial charge on any atom is -0.354 e. The Morgan fingerprint density at radius 2 is 1.50 bits per heavy atom. The van der Waals surface area contributed by atoms with E-state index in [1.807, 2.05) is 37.3 Å². The van der Waals surface area contributed by atoms with Gasteiger partial charge in [0.15, 0.2) is 0 Å². The number of nitrogens with zero attached hydrogens (tertiary/aromatic N) is 2. The van der Waals surface area contributed by atoms with Crippen molar-refractivity contribution in [3.63, 3.8) is 0 Å². The van der Waals surface area contributed by atoms with Crippen LogP contribution in [0.5, 0.6) is 0 Å². The van der Waals surface area contributed by atoms with Gasteiger partial charge in [-0.3, -0.25) is 13.9 Å². The van der Waals surface area contributed by atoms with Crippen LogP contribution in [0, 0.1) is 6.92 Å². The smallest absolute Gasteiger partial charge is 0.264 e. The SMILES string of the molecule is CCCNC(=O)[C@@H](Cc1ccccc1)N(Cc1ccccc1Cl)C(=O)CN(c1ccc(Cl)cc1C)S(=O)(=O)c1ccccc1. The summed E-state index contributed by atoms with van der Waals surface area (Å²) in [5, 5.41) is 3.80. The first kappa shape index (κ1) is 33.1. The van der Waals surface area contributed by atoms with Gasteiger partial charge < -0.3 is 10.2 Å². The quantitative estimate of drug-likeness (QED) is 0.175. The molecule has 230 valence electrons. The third-order valence-corrected chi connectivity index (χ3v) is 9.53. The second kappa shape index (κ2) is 15.2. The number of sulfonamides is 1. The molecule has 0 heterocycles. The second-order valence-electron chi connectivity index (χ2n) is 10.4. The molecule has 44 heavy (non-hydrogen) atoms. The molecule has 0 aliphatic heterocycles. The fourth-order valence-corrected chi connectivity index (χ4v) is 6.78. The molecule has 1 N–H and O–H groups in total. The minimum absolute atomic E-state index is 0.00558. The highest BCUT2D eigenvalue weighted by atomic mass is 35.5. The maximum absolute atomic E-state index is 14.5.